The van der Waals surface area contributed by atoms with Crippen molar-refractivity contribution in [3.63, 3.8) is 0 Å². The van der Waals surface area contributed by atoms with E-state index in [2.05, 4.69) is 21.6 Å². The van der Waals surface area contributed by atoms with Gasteiger partial charge in [0.15, 0.2) is 0 Å². The molecular formula is C13H17N3O. The van der Waals surface area contributed by atoms with Gasteiger partial charge in [0, 0.05) is 18.4 Å². The van der Waals surface area contributed by atoms with Crippen molar-refractivity contribution in [3.8, 4) is 0 Å². The number of H-pyrrole nitrogens is 1. The zero-order valence-corrected chi connectivity index (χ0v) is 9.74. The van der Waals surface area contributed by atoms with E-state index in [1.807, 2.05) is 18.3 Å². The number of rotatable bonds is 2. The molecular weight excluding hydrogens is 214 g/mol. The summed E-state index contributed by atoms with van der Waals surface area (Å²) in [5.74, 6) is 0. The maximum Gasteiger partial charge on any atom is 0.0812 e. The van der Waals surface area contributed by atoms with E-state index >= 15 is 0 Å². The van der Waals surface area contributed by atoms with Gasteiger partial charge in [-0.05, 0) is 24.9 Å². The van der Waals surface area contributed by atoms with Gasteiger partial charge in [-0.1, -0.05) is 18.2 Å². The highest BCUT2D eigenvalue weighted by Crippen LogP contribution is 2.25. The van der Waals surface area contributed by atoms with E-state index in [0.717, 1.165) is 35.9 Å². The third-order valence-corrected chi connectivity index (χ3v) is 3.53. The van der Waals surface area contributed by atoms with Crippen LogP contribution in [0.3, 0.4) is 0 Å². The highest BCUT2D eigenvalue weighted by molar-refractivity contribution is 5.81. The minimum absolute atomic E-state index is 0.613. The van der Waals surface area contributed by atoms with Gasteiger partial charge < -0.3 is 10.4 Å². The number of benzene rings is 1. The average molecular weight is 231 g/mol. The van der Waals surface area contributed by atoms with Gasteiger partial charge in [0.2, 0.25) is 0 Å². The van der Waals surface area contributed by atoms with Gasteiger partial charge in [0.05, 0.1) is 17.3 Å². The highest BCUT2D eigenvalue weighted by Gasteiger charge is 2.29. The number of fused-ring (bicyclic) bond motifs is 1. The molecule has 4 nitrogen and oxygen atoms in total. The van der Waals surface area contributed by atoms with E-state index in [-0.39, 0.29) is 0 Å². The predicted octanol–water partition coefficient (Wildman–Crippen LogP) is 1.22. The van der Waals surface area contributed by atoms with Crippen molar-refractivity contribution >= 4 is 10.9 Å². The molecule has 1 aromatic heterocycles. The van der Waals surface area contributed by atoms with Gasteiger partial charge in [-0.3, -0.25) is 5.10 Å². The van der Waals surface area contributed by atoms with Crippen molar-refractivity contribution in [2.75, 3.05) is 13.1 Å². The Morgan fingerprint density at radius 3 is 3.18 bits per heavy atom. The predicted molar refractivity (Wildman–Crippen MR) is 66.9 cm³/mol. The largest absolute Gasteiger partial charge is 0.388 e. The molecule has 1 aromatic carbocycles. The lowest BCUT2D eigenvalue weighted by molar-refractivity contribution is 0.0172. The summed E-state index contributed by atoms with van der Waals surface area (Å²) in [6.07, 6.45) is 4.40. The molecule has 0 aliphatic carbocycles. The van der Waals surface area contributed by atoms with Gasteiger partial charge in [-0.2, -0.15) is 5.10 Å². The second-order valence-electron chi connectivity index (χ2n) is 4.93. The Labute approximate surface area is 100 Å². The number of aromatic nitrogens is 2. The standard InChI is InChI=1S/C13H17N3O/c17-13(5-2-6-14-9-13)7-10-3-1-4-11-8-15-16-12(10)11/h1,3-4,8,14,17H,2,5-7,9H2,(H,15,16). The first kappa shape index (κ1) is 10.7. The molecule has 0 radical (unpaired) electrons. The number of nitrogens with one attached hydrogen (secondary N) is 2. The van der Waals surface area contributed by atoms with Crippen LogP contribution >= 0.6 is 0 Å². The summed E-state index contributed by atoms with van der Waals surface area (Å²) in [7, 11) is 0. The van der Waals surface area contributed by atoms with Crippen molar-refractivity contribution in [1.29, 1.82) is 0 Å². The van der Waals surface area contributed by atoms with Crippen LogP contribution in [-0.4, -0.2) is 34.0 Å². The number of para-hydroxylation sites is 1. The van der Waals surface area contributed by atoms with E-state index in [0.29, 0.717) is 13.0 Å². The van der Waals surface area contributed by atoms with Crippen LogP contribution in [0.4, 0.5) is 0 Å². The summed E-state index contributed by atoms with van der Waals surface area (Å²) >= 11 is 0. The summed E-state index contributed by atoms with van der Waals surface area (Å²) in [4.78, 5) is 0. The van der Waals surface area contributed by atoms with E-state index in [4.69, 9.17) is 0 Å². The number of aromatic amines is 1. The van der Waals surface area contributed by atoms with Crippen LogP contribution in [0.15, 0.2) is 24.4 Å². The van der Waals surface area contributed by atoms with Crippen LogP contribution in [0.5, 0.6) is 0 Å². The highest BCUT2D eigenvalue weighted by atomic mass is 16.3. The molecule has 90 valence electrons. The Balaban J connectivity index is 1.91. The van der Waals surface area contributed by atoms with Gasteiger partial charge in [0.1, 0.15) is 0 Å². The molecule has 0 saturated carbocycles. The summed E-state index contributed by atoms with van der Waals surface area (Å²) in [5, 5.41) is 22.0. The first-order chi connectivity index (χ1) is 8.27. The molecule has 0 amide bonds. The average Bonchev–Trinajstić information content (AvgIpc) is 2.79. The number of piperidine rings is 1. The smallest absolute Gasteiger partial charge is 0.0812 e. The molecule has 4 heteroatoms. The van der Waals surface area contributed by atoms with Crippen molar-refractivity contribution in [2.45, 2.75) is 24.9 Å². The van der Waals surface area contributed by atoms with Crippen LogP contribution in [0.25, 0.3) is 10.9 Å². The van der Waals surface area contributed by atoms with Gasteiger partial charge in [-0.15, -0.1) is 0 Å². The van der Waals surface area contributed by atoms with Crippen molar-refractivity contribution in [2.24, 2.45) is 0 Å². The number of aliphatic hydroxyl groups is 1. The molecule has 0 spiro atoms. The second-order valence-corrected chi connectivity index (χ2v) is 4.93. The minimum atomic E-state index is -0.613. The Bertz CT molecular complexity index is 514. The lowest BCUT2D eigenvalue weighted by Gasteiger charge is -2.32. The Kier molecular flexibility index (Phi) is 2.61. The zero-order chi connectivity index (χ0) is 11.7. The SMILES string of the molecule is OC1(Cc2cccc3cn[nH]c23)CCCNC1. The van der Waals surface area contributed by atoms with E-state index < -0.39 is 5.60 Å². The molecule has 3 rings (SSSR count). The molecule has 1 atom stereocenters. The maximum atomic E-state index is 10.5. The lowest BCUT2D eigenvalue weighted by Crippen LogP contribution is -2.47. The van der Waals surface area contributed by atoms with Gasteiger partial charge in [-0.25, -0.2) is 0 Å². The monoisotopic (exact) mass is 231 g/mol. The molecule has 1 saturated heterocycles. The third kappa shape index (κ3) is 2.06. The van der Waals surface area contributed by atoms with Crippen LogP contribution in [0.1, 0.15) is 18.4 Å². The fourth-order valence-electron chi connectivity index (χ4n) is 2.63. The number of hydrogen-bond donors (Lipinski definition) is 3. The van der Waals surface area contributed by atoms with E-state index in [1.54, 1.807) is 0 Å². The third-order valence-electron chi connectivity index (χ3n) is 3.53. The van der Waals surface area contributed by atoms with Crippen molar-refractivity contribution in [3.05, 3.63) is 30.0 Å². The first-order valence-electron chi connectivity index (χ1n) is 6.11. The Morgan fingerprint density at radius 2 is 2.35 bits per heavy atom. The normalized spacial score (nSPS) is 25.2. The summed E-state index contributed by atoms with van der Waals surface area (Å²) in [6, 6.07) is 6.12. The molecule has 1 fully saturated rings. The lowest BCUT2D eigenvalue weighted by atomic mass is 9.87. The second kappa shape index (κ2) is 4.13. The molecule has 1 aliphatic rings. The Morgan fingerprint density at radius 1 is 1.41 bits per heavy atom. The number of β-amino-alcohol motifs (C(OH)–C–C–N with tert-alkyl or cyclic N) is 1. The van der Waals surface area contributed by atoms with Crippen LogP contribution < -0.4 is 5.32 Å². The summed E-state index contributed by atoms with van der Waals surface area (Å²) in [6.45, 7) is 1.69. The first-order valence-corrected chi connectivity index (χ1v) is 6.11. The maximum absolute atomic E-state index is 10.5. The minimum Gasteiger partial charge on any atom is -0.388 e. The number of hydrogen-bond acceptors (Lipinski definition) is 3. The Hall–Kier alpha value is -1.39. The van der Waals surface area contributed by atoms with E-state index in [9.17, 15) is 5.11 Å². The van der Waals surface area contributed by atoms with Crippen LogP contribution in [0, 0.1) is 0 Å². The molecule has 1 aliphatic heterocycles. The molecule has 0 bridgehead atoms. The van der Waals surface area contributed by atoms with Gasteiger partial charge >= 0.3 is 0 Å². The molecule has 2 aromatic rings. The van der Waals surface area contributed by atoms with Crippen molar-refractivity contribution in [1.82, 2.24) is 15.5 Å². The zero-order valence-electron chi connectivity index (χ0n) is 9.74. The summed E-state index contributed by atoms with van der Waals surface area (Å²) < 4.78 is 0. The van der Waals surface area contributed by atoms with E-state index in [1.165, 1.54) is 0 Å². The number of nitrogens with zero attached hydrogens (tertiary/aromatic N) is 1. The fraction of sp³-hybridized carbons (Fsp3) is 0.462. The quantitative estimate of drug-likeness (QED) is 0.728. The molecule has 2 heterocycles. The summed E-state index contributed by atoms with van der Waals surface area (Å²) in [5.41, 5.74) is 1.58. The van der Waals surface area contributed by atoms with Crippen LogP contribution in [0.2, 0.25) is 0 Å². The van der Waals surface area contributed by atoms with Crippen molar-refractivity contribution < 1.29 is 5.11 Å². The topological polar surface area (TPSA) is 60.9 Å². The fourth-order valence-corrected chi connectivity index (χ4v) is 2.63. The van der Waals surface area contributed by atoms with Crippen LogP contribution in [-0.2, 0) is 6.42 Å². The molecule has 1 unspecified atom stereocenters. The molecule has 17 heavy (non-hydrogen) atoms. The van der Waals surface area contributed by atoms with Gasteiger partial charge in [0.25, 0.3) is 0 Å². The molecule has 3 N–H and O–H groups in total.